The van der Waals surface area contributed by atoms with E-state index in [0.717, 1.165) is 12.1 Å². The van der Waals surface area contributed by atoms with E-state index in [1.54, 1.807) is 24.0 Å². The van der Waals surface area contributed by atoms with Gasteiger partial charge >= 0.3 is 12.1 Å². The molecule has 0 spiro atoms. The third-order valence-corrected chi connectivity index (χ3v) is 5.39. The molecule has 2 aromatic carbocycles. The van der Waals surface area contributed by atoms with Crippen LogP contribution in [0.25, 0.3) is 11.1 Å². The zero-order valence-electron chi connectivity index (χ0n) is 20.5. The van der Waals surface area contributed by atoms with Crippen molar-refractivity contribution in [2.45, 2.75) is 53.8 Å². The van der Waals surface area contributed by atoms with Gasteiger partial charge in [0, 0.05) is 24.1 Å². The van der Waals surface area contributed by atoms with E-state index in [9.17, 15) is 22.8 Å². The minimum Gasteiger partial charge on any atom is -0.496 e. The molecule has 0 radical (unpaired) electrons. The summed E-state index contributed by atoms with van der Waals surface area (Å²) in [5.41, 5.74) is 0.881. The van der Waals surface area contributed by atoms with E-state index in [1.165, 1.54) is 19.2 Å². The third kappa shape index (κ3) is 6.52. The second-order valence-corrected chi connectivity index (χ2v) is 8.91. The van der Waals surface area contributed by atoms with Crippen molar-refractivity contribution in [3.8, 4) is 16.9 Å². The minimum absolute atomic E-state index is 0.0396. The molecule has 0 bridgehead atoms. The average Bonchev–Trinajstić information content (AvgIpc) is 2.76. The molecule has 2 aromatic rings. The Hall–Kier alpha value is -3.03. The standard InChI is InChI=1S/C26H32F3NO4/c1-7-30(24(32)25(3,4)5)16-20-18(15-22(31)34-8-2)11-14-21(33-6)23(20)17-9-12-19(13-10-17)26(27,28)29/h9-14H,7-8,15-16H2,1-6H3. The number of amides is 1. The molecule has 2 rings (SSSR count). The molecule has 1 amide bonds. The number of rotatable bonds is 8. The third-order valence-electron chi connectivity index (χ3n) is 5.39. The van der Waals surface area contributed by atoms with E-state index in [1.807, 2.05) is 27.7 Å². The fourth-order valence-corrected chi connectivity index (χ4v) is 3.69. The molecule has 0 N–H and O–H groups in total. The van der Waals surface area contributed by atoms with Gasteiger partial charge in [-0.2, -0.15) is 13.2 Å². The lowest BCUT2D eigenvalue weighted by Crippen LogP contribution is -2.39. The van der Waals surface area contributed by atoms with E-state index >= 15 is 0 Å². The predicted molar refractivity (Wildman–Crippen MR) is 124 cm³/mol. The van der Waals surface area contributed by atoms with Crippen molar-refractivity contribution in [2.75, 3.05) is 20.3 Å². The summed E-state index contributed by atoms with van der Waals surface area (Å²) in [4.78, 5) is 27.0. The number of nitrogens with zero attached hydrogens (tertiary/aromatic N) is 1. The highest BCUT2D eigenvalue weighted by Gasteiger charge is 2.31. The molecular formula is C26H32F3NO4. The topological polar surface area (TPSA) is 55.8 Å². The van der Waals surface area contributed by atoms with Crippen molar-refractivity contribution in [3.05, 3.63) is 53.1 Å². The van der Waals surface area contributed by atoms with Crippen molar-refractivity contribution in [1.29, 1.82) is 0 Å². The maximum Gasteiger partial charge on any atom is 0.416 e. The number of carbonyl (C=O) groups is 2. The van der Waals surface area contributed by atoms with Crippen molar-refractivity contribution in [1.82, 2.24) is 4.90 Å². The van der Waals surface area contributed by atoms with E-state index < -0.39 is 23.1 Å². The van der Waals surface area contributed by atoms with Crippen LogP contribution in [0.2, 0.25) is 0 Å². The molecular weight excluding hydrogens is 447 g/mol. The highest BCUT2D eigenvalue weighted by atomic mass is 19.4. The maximum absolute atomic E-state index is 13.1. The molecule has 0 saturated carbocycles. The number of hydrogen-bond donors (Lipinski definition) is 0. The molecule has 0 aliphatic carbocycles. The summed E-state index contributed by atoms with van der Waals surface area (Å²) in [5.74, 6) is -0.0858. The number of alkyl halides is 3. The highest BCUT2D eigenvalue weighted by molar-refractivity contribution is 5.83. The lowest BCUT2D eigenvalue weighted by molar-refractivity contribution is -0.142. The Labute approximate surface area is 198 Å². The van der Waals surface area contributed by atoms with Crippen LogP contribution < -0.4 is 4.74 Å². The normalized spacial score (nSPS) is 11.8. The average molecular weight is 480 g/mol. The summed E-state index contributed by atoms with van der Waals surface area (Å²) >= 11 is 0. The van der Waals surface area contributed by atoms with E-state index in [4.69, 9.17) is 9.47 Å². The monoisotopic (exact) mass is 479 g/mol. The van der Waals surface area contributed by atoms with Crippen LogP contribution in [-0.2, 0) is 33.5 Å². The fourth-order valence-electron chi connectivity index (χ4n) is 3.69. The number of methoxy groups -OCH3 is 1. The van der Waals surface area contributed by atoms with Crippen LogP contribution in [-0.4, -0.2) is 37.0 Å². The van der Waals surface area contributed by atoms with Gasteiger partial charge in [0.2, 0.25) is 5.91 Å². The van der Waals surface area contributed by atoms with Gasteiger partial charge in [-0.15, -0.1) is 0 Å². The molecule has 0 atom stereocenters. The fraction of sp³-hybridized carbons (Fsp3) is 0.462. The zero-order chi connectivity index (χ0) is 25.7. The molecule has 34 heavy (non-hydrogen) atoms. The first-order chi connectivity index (χ1) is 15.8. The summed E-state index contributed by atoms with van der Waals surface area (Å²) in [5, 5.41) is 0. The van der Waals surface area contributed by atoms with Crippen LogP contribution >= 0.6 is 0 Å². The number of carbonyl (C=O) groups excluding carboxylic acids is 2. The van der Waals surface area contributed by atoms with Crippen LogP contribution in [0.3, 0.4) is 0 Å². The van der Waals surface area contributed by atoms with Crippen molar-refractivity contribution < 1.29 is 32.2 Å². The van der Waals surface area contributed by atoms with Gasteiger partial charge < -0.3 is 14.4 Å². The first kappa shape index (κ1) is 27.2. The first-order valence-electron chi connectivity index (χ1n) is 11.1. The van der Waals surface area contributed by atoms with Gasteiger partial charge in [0.1, 0.15) is 5.75 Å². The lowest BCUT2D eigenvalue weighted by Gasteiger charge is -2.30. The quantitative estimate of drug-likeness (QED) is 0.444. The summed E-state index contributed by atoms with van der Waals surface area (Å²) < 4.78 is 50.0. The van der Waals surface area contributed by atoms with E-state index in [-0.39, 0.29) is 25.5 Å². The number of benzene rings is 2. The second-order valence-electron chi connectivity index (χ2n) is 8.91. The second kappa shape index (κ2) is 10.9. The maximum atomic E-state index is 13.1. The number of ether oxygens (including phenoxy) is 2. The van der Waals surface area contributed by atoms with Crippen LogP contribution in [0, 0.1) is 5.41 Å². The number of halogens is 3. The van der Waals surface area contributed by atoms with Gasteiger partial charge in [-0.25, -0.2) is 0 Å². The van der Waals surface area contributed by atoms with Gasteiger partial charge in [-0.05, 0) is 48.7 Å². The SMILES string of the molecule is CCOC(=O)Cc1ccc(OC)c(-c2ccc(C(F)(F)F)cc2)c1CN(CC)C(=O)C(C)(C)C. The van der Waals surface area contributed by atoms with Crippen molar-refractivity contribution in [3.63, 3.8) is 0 Å². The lowest BCUT2D eigenvalue weighted by atomic mass is 9.90. The number of esters is 1. The van der Waals surface area contributed by atoms with Crippen LogP contribution in [0.1, 0.15) is 51.3 Å². The Bertz CT molecular complexity index is 1010. The van der Waals surface area contributed by atoms with Crippen LogP contribution in [0.4, 0.5) is 13.2 Å². The molecule has 0 aromatic heterocycles. The van der Waals surface area contributed by atoms with Crippen LogP contribution in [0.5, 0.6) is 5.75 Å². The Kier molecular flexibility index (Phi) is 8.75. The van der Waals surface area contributed by atoms with Crippen LogP contribution in [0.15, 0.2) is 36.4 Å². The summed E-state index contributed by atoms with van der Waals surface area (Å²) in [6.07, 6.45) is -4.50. The molecule has 0 fully saturated rings. The van der Waals surface area contributed by atoms with E-state index in [2.05, 4.69) is 0 Å². The van der Waals surface area contributed by atoms with Gasteiger partial charge in [-0.3, -0.25) is 9.59 Å². The van der Waals surface area contributed by atoms with Gasteiger partial charge in [0.05, 0.1) is 25.7 Å². The van der Waals surface area contributed by atoms with Gasteiger partial charge in [-0.1, -0.05) is 39.0 Å². The van der Waals surface area contributed by atoms with Gasteiger partial charge in [0.15, 0.2) is 0 Å². The molecule has 0 aliphatic rings. The van der Waals surface area contributed by atoms with Crippen molar-refractivity contribution >= 4 is 11.9 Å². The molecule has 5 nitrogen and oxygen atoms in total. The molecule has 0 heterocycles. The Morgan fingerprint density at radius 2 is 1.59 bits per heavy atom. The summed E-state index contributed by atoms with van der Waals surface area (Å²) in [7, 11) is 1.47. The largest absolute Gasteiger partial charge is 0.496 e. The molecule has 186 valence electrons. The predicted octanol–water partition coefficient (Wildman–Crippen LogP) is 5.88. The number of hydrogen-bond acceptors (Lipinski definition) is 4. The Morgan fingerprint density at radius 1 is 0.971 bits per heavy atom. The molecule has 0 aliphatic heterocycles. The minimum atomic E-state index is -4.46. The Morgan fingerprint density at radius 3 is 2.06 bits per heavy atom. The Balaban J connectivity index is 2.71. The van der Waals surface area contributed by atoms with Gasteiger partial charge in [0.25, 0.3) is 0 Å². The molecule has 0 unspecified atom stereocenters. The van der Waals surface area contributed by atoms with E-state index in [0.29, 0.717) is 34.5 Å². The summed E-state index contributed by atoms with van der Waals surface area (Å²) in [6, 6.07) is 8.17. The smallest absolute Gasteiger partial charge is 0.416 e. The van der Waals surface area contributed by atoms with Crippen molar-refractivity contribution in [2.24, 2.45) is 5.41 Å². The highest BCUT2D eigenvalue weighted by Crippen LogP contribution is 2.39. The molecule has 8 heteroatoms. The first-order valence-corrected chi connectivity index (χ1v) is 11.1. The zero-order valence-corrected chi connectivity index (χ0v) is 20.5. The summed E-state index contributed by atoms with van der Waals surface area (Å²) in [6.45, 7) is 9.82. The molecule has 0 saturated heterocycles.